The van der Waals surface area contributed by atoms with E-state index in [1.54, 1.807) is 0 Å². The first-order valence-electron chi connectivity index (χ1n) is 6.69. The largest absolute Gasteiger partial charge is 0.481 e. The molecule has 122 valence electrons. The third kappa shape index (κ3) is 5.78. The lowest BCUT2D eigenvalue weighted by Crippen LogP contribution is -2.53. The molecule has 2 N–H and O–H groups in total. The number of amides is 2. The Labute approximate surface area is 120 Å². The van der Waals surface area contributed by atoms with Crippen LogP contribution in [0.1, 0.15) is 25.7 Å². The van der Waals surface area contributed by atoms with Crippen LogP contribution < -0.4 is 0 Å². The second-order valence-corrected chi connectivity index (χ2v) is 4.98. The Bertz CT molecular complexity index is 376. The molecule has 1 atom stereocenters. The van der Waals surface area contributed by atoms with Crippen molar-refractivity contribution in [2.75, 3.05) is 26.2 Å². The second kappa shape index (κ2) is 7.48. The first kappa shape index (κ1) is 17.5. The van der Waals surface area contributed by atoms with Crippen molar-refractivity contribution in [1.29, 1.82) is 0 Å². The van der Waals surface area contributed by atoms with Gasteiger partial charge in [-0.2, -0.15) is 13.2 Å². The Balaban J connectivity index is 2.80. The molecule has 9 heteroatoms. The van der Waals surface area contributed by atoms with E-state index in [9.17, 15) is 22.8 Å². The fourth-order valence-electron chi connectivity index (χ4n) is 2.43. The fourth-order valence-corrected chi connectivity index (χ4v) is 2.43. The summed E-state index contributed by atoms with van der Waals surface area (Å²) in [5.74, 6) is -1.09. The van der Waals surface area contributed by atoms with Gasteiger partial charge in [0, 0.05) is 19.1 Å². The number of halogens is 3. The van der Waals surface area contributed by atoms with E-state index in [1.165, 1.54) is 4.90 Å². The number of carboxylic acid groups (broad SMARTS) is 1. The molecule has 0 spiro atoms. The summed E-state index contributed by atoms with van der Waals surface area (Å²) in [5.41, 5.74) is 0. The molecule has 0 aromatic carbocycles. The predicted octanol–water partition coefficient (Wildman–Crippen LogP) is 1.29. The summed E-state index contributed by atoms with van der Waals surface area (Å²) in [7, 11) is 0. The predicted molar refractivity (Wildman–Crippen MR) is 66.7 cm³/mol. The van der Waals surface area contributed by atoms with E-state index in [0.29, 0.717) is 17.7 Å². The number of aliphatic carboxylic acids is 1. The fraction of sp³-hybridized carbons (Fsp3) is 0.833. The molecule has 0 aromatic rings. The van der Waals surface area contributed by atoms with Crippen LogP contribution in [0.5, 0.6) is 0 Å². The van der Waals surface area contributed by atoms with Crippen molar-refractivity contribution in [1.82, 2.24) is 9.80 Å². The summed E-state index contributed by atoms with van der Waals surface area (Å²) in [5, 5.41) is 17.6. The van der Waals surface area contributed by atoms with Crippen LogP contribution in [0.25, 0.3) is 0 Å². The molecule has 0 saturated carbocycles. The molecule has 1 fully saturated rings. The zero-order valence-corrected chi connectivity index (χ0v) is 11.5. The van der Waals surface area contributed by atoms with Crippen molar-refractivity contribution in [2.24, 2.45) is 0 Å². The summed E-state index contributed by atoms with van der Waals surface area (Å²) >= 11 is 0. The van der Waals surface area contributed by atoms with E-state index >= 15 is 0 Å². The zero-order chi connectivity index (χ0) is 16.0. The molecule has 0 aliphatic carbocycles. The molecule has 1 aliphatic rings. The maximum Gasteiger partial charge on any atom is 0.406 e. The SMILES string of the molecule is O=C(O)CC1CCCCN1C(=O)N(CCO)CC(F)(F)F. The van der Waals surface area contributed by atoms with Crippen molar-refractivity contribution in [3.63, 3.8) is 0 Å². The Morgan fingerprint density at radius 2 is 1.95 bits per heavy atom. The highest BCUT2D eigenvalue weighted by Crippen LogP contribution is 2.23. The van der Waals surface area contributed by atoms with Gasteiger partial charge in [-0.3, -0.25) is 4.79 Å². The first-order chi connectivity index (χ1) is 9.74. The molecule has 21 heavy (non-hydrogen) atoms. The number of alkyl halides is 3. The van der Waals surface area contributed by atoms with Crippen LogP contribution in [0.15, 0.2) is 0 Å². The number of likely N-dealkylation sites (tertiary alicyclic amines) is 1. The van der Waals surface area contributed by atoms with Gasteiger partial charge in [0.25, 0.3) is 0 Å². The molecule has 1 heterocycles. The zero-order valence-electron chi connectivity index (χ0n) is 11.5. The monoisotopic (exact) mass is 312 g/mol. The van der Waals surface area contributed by atoms with Gasteiger partial charge in [0.15, 0.2) is 0 Å². The lowest BCUT2D eigenvalue weighted by Gasteiger charge is -2.38. The summed E-state index contributed by atoms with van der Waals surface area (Å²) in [4.78, 5) is 24.7. The minimum Gasteiger partial charge on any atom is -0.481 e. The number of carbonyl (C=O) groups is 2. The lowest BCUT2D eigenvalue weighted by molar-refractivity contribution is -0.143. The smallest absolute Gasteiger partial charge is 0.406 e. The minimum absolute atomic E-state index is 0.233. The molecule has 1 saturated heterocycles. The first-order valence-corrected chi connectivity index (χ1v) is 6.69. The minimum atomic E-state index is -4.57. The Morgan fingerprint density at radius 1 is 1.29 bits per heavy atom. The summed E-state index contributed by atoms with van der Waals surface area (Å²) in [6.07, 6.45) is -3.04. The molecule has 1 aliphatic heterocycles. The average Bonchev–Trinajstić information content (AvgIpc) is 2.36. The third-order valence-electron chi connectivity index (χ3n) is 3.29. The highest BCUT2D eigenvalue weighted by atomic mass is 19.4. The lowest BCUT2D eigenvalue weighted by atomic mass is 10.00. The van der Waals surface area contributed by atoms with E-state index < -0.39 is 43.9 Å². The maximum atomic E-state index is 12.5. The van der Waals surface area contributed by atoms with Crippen molar-refractivity contribution in [3.8, 4) is 0 Å². The van der Waals surface area contributed by atoms with Crippen LogP contribution in [-0.2, 0) is 4.79 Å². The van der Waals surface area contributed by atoms with Gasteiger partial charge in [0.2, 0.25) is 0 Å². The van der Waals surface area contributed by atoms with Gasteiger partial charge in [-0.15, -0.1) is 0 Å². The Hall–Kier alpha value is -1.51. The quantitative estimate of drug-likeness (QED) is 0.801. The highest BCUT2D eigenvalue weighted by molar-refractivity contribution is 5.76. The van der Waals surface area contributed by atoms with Gasteiger partial charge in [-0.05, 0) is 19.3 Å². The third-order valence-corrected chi connectivity index (χ3v) is 3.29. The van der Waals surface area contributed by atoms with Gasteiger partial charge in [-0.25, -0.2) is 4.79 Å². The Kier molecular flexibility index (Phi) is 6.25. The van der Waals surface area contributed by atoms with Crippen molar-refractivity contribution >= 4 is 12.0 Å². The van der Waals surface area contributed by atoms with Crippen LogP contribution in [0.2, 0.25) is 0 Å². The average molecular weight is 312 g/mol. The molecule has 0 radical (unpaired) electrons. The van der Waals surface area contributed by atoms with Crippen LogP contribution in [0, 0.1) is 0 Å². The molecule has 1 rings (SSSR count). The molecular formula is C12H19F3N2O4. The number of urea groups is 1. The van der Waals surface area contributed by atoms with Crippen LogP contribution in [-0.4, -0.2) is 70.5 Å². The molecule has 0 aromatic heterocycles. The van der Waals surface area contributed by atoms with Crippen molar-refractivity contribution in [2.45, 2.75) is 37.9 Å². The van der Waals surface area contributed by atoms with Gasteiger partial charge in [-0.1, -0.05) is 0 Å². The van der Waals surface area contributed by atoms with E-state index in [-0.39, 0.29) is 13.0 Å². The maximum absolute atomic E-state index is 12.5. The molecule has 6 nitrogen and oxygen atoms in total. The standard InChI is InChI=1S/C12H19F3N2O4/c13-12(14,15)8-16(5-6-18)11(21)17-4-2-1-3-9(17)7-10(19)20/h9,18H,1-8H2,(H,19,20). The van der Waals surface area contributed by atoms with Gasteiger partial charge in [0.1, 0.15) is 6.54 Å². The molecule has 2 amide bonds. The van der Waals surface area contributed by atoms with Crippen LogP contribution >= 0.6 is 0 Å². The number of hydrogen-bond acceptors (Lipinski definition) is 3. The van der Waals surface area contributed by atoms with Gasteiger partial charge < -0.3 is 20.0 Å². The molecule has 0 bridgehead atoms. The van der Waals surface area contributed by atoms with E-state index in [2.05, 4.69) is 0 Å². The van der Waals surface area contributed by atoms with Crippen molar-refractivity contribution < 1.29 is 33.0 Å². The Morgan fingerprint density at radius 3 is 2.48 bits per heavy atom. The number of carboxylic acids is 1. The summed E-state index contributed by atoms with van der Waals surface area (Å²) < 4.78 is 37.4. The number of aliphatic hydroxyl groups excluding tert-OH is 1. The number of aliphatic hydroxyl groups is 1. The number of hydrogen-bond donors (Lipinski definition) is 2. The number of rotatable bonds is 5. The van der Waals surface area contributed by atoms with E-state index in [1.807, 2.05) is 0 Å². The number of piperidine rings is 1. The van der Waals surface area contributed by atoms with Crippen molar-refractivity contribution in [3.05, 3.63) is 0 Å². The van der Waals surface area contributed by atoms with Gasteiger partial charge in [0.05, 0.1) is 13.0 Å². The summed E-state index contributed by atoms with van der Waals surface area (Å²) in [6.45, 7) is -2.24. The second-order valence-electron chi connectivity index (χ2n) is 4.98. The molecule has 1 unspecified atom stereocenters. The van der Waals surface area contributed by atoms with E-state index in [4.69, 9.17) is 10.2 Å². The molecular weight excluding hydrogens is 293 g/mol. The summed E-state index contributed by atoms with van der Waals surface area (Å²) in [6, 6.07) is -1.47. The normalized spacial score (nSPS) is 19.4. The number of carbonyl (C=O) groups excluding carboxylic acids is 1. The number of nitrogens with zero attached hydrogens (tertiary/aromatic N) is 2. The van der Waals surface area contributed by atoms with E-state index in [0.717, 1.165) is 6.42 Å². The van der Waals surface area contributed by atoms with Crippen LogP contribution in [0.3, 0.4) is 0 Å². The van der Waals surface area contributed by atoms with Crippen LogP contribution in [0.4, 0.5) is 18.0 Å². The topological polar surface area (TPSA) is 81.1 Å². The van der Waals surface area contributed by atoms with Gasteiger partial charge >= 0.3 is 18.2 Å². The highest BCUT2D eigenvalue weighted by Gasteiger charge is 2.37.